The molecule has 32 heavy (non-hydrogen) atoms. The summed E-state index contributed by atoms with van der Waals surface area (Å²) in [6, 6.07) is -1.42. The fourth-order valence-corrected chi connectivity index (χ4v) is 5.60. The van der Waals surface area contributed by atoms with Gasteiger partial charge >= 0.3 is 12.2 Å². The van der Waals surface area contributed by atoms with Crippen LogP contribution in [-0.2, 0) is 14.3 Å². The van der Waals surface area contributed by atoms with Crippen molar-refractivity contribution in [1.29, 1.82) is 0 Å². The first-order valence-corrected chi connectivity index (χ1v) is 12.0. The molecule has 1 aliphatic heterocycles. The minimum atomic E-state index is -0.917. The van der Waals surface area contributed by atoms with Crippen LogP contribution in [0, 0.1) is 5.92 Å². The summed E-state index contributed by atoms with van der Waals surface area (Å²) in [5.41, 5.74) is -0.870. The van der Waals surface area contributed by atoms with Crippen LogP contribution in [0.2, 0.25) is 0 Å². The zero-order valence-electron chi connectivity index (χ0n) is 18.1. The molecule has 2 aliphatic carbocycles. The summed E-state index contributed by atoms with van der Waals surface area (Å²) < 4.78 is 9.29. The number of urea groups is 1. The SMILES string of the molecule is COC(=O)Oc1csc(NC(=O)[C@H](CC2CCCCC2)N2C(=O)NC3(CCCC3)C2=O)n1. The fraction of sp³-hybridized carbons (Fsp3) is 0.667. The Morgan fingerprint density at radius 3 is 2.66 bits per heavy atom. The first-order valence-electron chi connectivity index (χ1n) is 11.1. The third-order valence-electron chi connectivity index (χ3n) is 6.61. The van der Waals surface area contributed by atoms with Crippen LogP contribution in [0.25, 0.3) is 0 Å². The molecule has 4 amide bonds. The third kappa shape index (κ3) is 4.57. The first kappa shape index (κ1) is 22.5. The van der Waals surface area contributed by atoms with Gasteiger partial charge in [0, 0.05) is 0 Å². The number of nitrogens with one attached hydrogen (secondary N) is 2. The number of rotatable bonds is 6. The van der Waals surface area contributed by atoms with Crippen LogP contribution < -0.4 is 15.4 Å². The number of anilines is 1. The molecule has 4 rings (SSSR count). The van der Waals surface area contributed by atoms with Crippen molar-refractivity contribution in [2.45, 2.75) is 75.8 Å². The lowest BCUT2D eigenvalue weighted by Gasteiger charge is -2.30. The van der Waals surface area contributed by atoms with E-state index in [0.717, 1.165) is 54.8 Å². The van der Waals surface area contributed by atoms with Gasteiger partial charge in [0.2, 0.25) is 11.8 Å². The summed E-state index contributed by atoms with van der Waals surface area (Å²) in [7, 11) is 1.18. The summed E-state index contributed by atoms with van der Waals surface area (Å²) >= 11 is 1.08. The fourth-order valence-electron chi connectivity index (χ4n) is 4.99. The van der Waals surface area contributed by atoms with Gasteiger partial charge in [0.1, 0.15) is 11.6 Å². The van der Waals surface area contributed by atoms with Crippen LogP contribution in [0.5, 0.6) is 5.88 Å². The molecule has 2 saturated carbocycles. The molecular formula is C21H28N4O6S. The highest BCUT2D eigenvalue weighted by Gasteiger charge is 2.55. The van der Waals surface area contributed by atoms with Gasteiger partial charge in [-0.25, -0.2) is 14.5 Å². The summed E-state index contributed by atoms with van der Waals surface area (Å²) in [4.78, 5) is 55.9. The monoisotopic (exact) mass is 464 g/mol. The minimum Gasteiger partial charge on any atom is -0.437 e. The van der Waals surface area contributed by atoms with Crippen LogP contribution in [0.1, 0.15) is 64.2 Å². The molecule has 1 aromatic rings. The quantitative estimate of drug-likeness (QED) is 0.488. The van der Waals surface area contributed by atoms with Gasteiger partial charge in [0.25, 0.3) is 5.91 Å². The van der Waals surface area contributed by atoms with Crippen LogP contribution in [0.4, 0.5) is 14.7 Å². The van der Waals surface area contributed by atoms with Gasteiger partial charge in [0.15, 0.2) is 5.13 Å². The molecule has 3 fully saturated rings. The first-order chi connectivity index (χ1) is 15.4. The molecule has 0 unspecified atom stereocenters. The molecule has 174 valence electrons. The van der Waals surface area contributed by atoms with Crippen molar-refractivity contribution in [1.82, 2.24) is 15.2 Å². The number of thiazole rings is 1. The van der Waals surface area contributed by atoms with Crippen LogP contribution in [0.3, 0.4) is 0 Å². The minimum absolute atomic E-state index is 0.000816. The summed E-state index contributed by atoms with van der Waals surface area (Å²) in [6.07, 6.45) is 7.78. The predicted molar refractivity (Wildman–Crippen MR) is 115 cm³/mol. The van der Waals surface area contributed by atoms with E-state index in [-0.39, 0.29) is 22.8 Å². The normalized spacial score (nSPS) is 21.5. The topological polar surface area (TPSA) is 127 Å². The highest BCUT2D eigenvalue weighted by atomic mass is 32.1. The Morgan fingerprint density at radius 2 is 1.97 bits per heavy atom. The molecule has 0 aromatic carbocycles. The standard InChI is InChI=1S/C21H28N4O6S/c1-30-20(29)31-15-12-32-18(22-15)23-16(26)14(11-13-7-3-2-4-8-13)25-17(27)21(24-19(25)28)9-5-6-10-21/h12-14H,2-11H2,1H3,(H,24,28)(H,22,23,26)/t14-/m0/s1. The van der Waals surface area contributed by atoms with E-state index in [4.69, 9.17) is 4.74 Å². The number of amides is 4. The van der Waals surface area contributed by atoms with Gasteiger partial charge in [-0.1, -0.05) is 44.9 Å². The van der Waals surface area contributed by atoms with E-state index in [1.807, 2.05) is 0 Å². The lowest BCUT2D eigenvalue weighted by atomic mass is 9.84. The third-order valence-corrected chi connectivity index (χ3v) is 7.35. The second-order valence-electron chi connectivity index (χ2n) is 8.69. The Bertz CT molecular complexity index is 891. The molecule has 11 heteroatoms. The average Bonchev–Trinajstić information content (AvgIpc) is 3.49. The molecule has 10 nitrogen and oxygen atoms in total. The second-order valence-corrected chi connectivity index (χ2v) is 9.54. The van der Waals surface area contributed by atoms with Gasteiger partial charge in [-0.15, -0.1) is 11.3 Å². The average molecular weight is 465 g/mol. The molecule has 3 aliphatic rings. The smallest absolute Gasteiger partial charge is 0.437 e. The number of methoxy groups -OCH3 is 1. The number of imide groups is 1. The van der Waals surface area contributed by atoms with Crippen molar-refractivity contribution in [3.05, 3.63) is 5.38 Å². The summed E-state index contributed by atoms with van der Waals surface area (Å²) in [6.45, 7) is 0. The van der Waals surface area contributed by atoms with E-state index in [1.54, 1.807) is 0 Å². The van der Waals surface area contributed by atoms with Crippen molar-refractivity contribution in [2.24, 2.45) is 5.92 Å². The molecule has 1 saturated heterocycles. The molecule has 0 bridgehead atoms. The van der Waals surface area contributed by atoms with Crippen LogP contribution in [-0.4, -0.2) is 52.6 Å². The van der Waals surface area contributed by atoms with Crippen molar-refractivity contribution in [2.75, 3.05) is 12.4 Å². The Balaban J connectivity index is 1.52. The molecule has 2 heterocycles. The summed E-state index contributed by atoms with van der Waals surface area (Å²) in [5.74, 6) is -0.492. The van der Waals surface area contributed by atoms with Crippen molar-refractivity contribution in [3.8, 4) is 5.88 Å². The largest absolute Gasteiger partial charge is 0.514 e. The van der Waals surface area contributed by atoms with Gasteiger partial charge in [-0.05, 0) is 25.2 Å². The highest BCUT2D eigenvalue weighted by molar-refractivity contribution is 7.14. The number of aromatic nitrogens is 1. The van der Waals surface area contributed by atoms with E-state index < -0.39 is 29.7 Å². The number of ether oxygens (including phenoxy) is 2. The molecule has 1 aromatic heterocycles. The van der Waals surface area contributed by atoms with Gasteiger partial charge in [-0.2, -0.15) is 4.98 Å². The summed E-state index contributed by atoms with van der Waals surface area (Å²) in [5, 5.41) is 7.25. The molecule has 1 atom stereocenters. The molecule has 0 radical (unpaired) electrons. The van der Waals surface area contributed by atoms with E-state index >= 15 is 0 Å². The maximum absolute atomic E-state index is 13.3. The van der Waals surface area contributed by atoms with Gasteiger partial charge in [-0.3, -0.25) is 9.59 Å². The van der Waals surface area contributed by atoms with Crippen LogP contribution >= 0.6 is 11.3 Å². The van der Waals surface area contributed by atoms with Crippen LogP contribution in [0.15, 0.2) is 5.38 Å². The Labute approximate surface area is 190 Å². The zero-order chi connectivity index (χ0) is 22.7. The van der Waals surface area contributed by atoms with Gasteiger partial charge < -0.3 is 20.1 Å². The number of nitrogens with zero attached hydrogens (tertiary/aromatic N) is 2. The Kier molecular flexibility index (Phi) is 6.63. The van der Waals surface area contributed by atoms with E-state index in [9.17, 15) is 19.2 Å². The highest BCUT2D eigenvalue weighted by Crippen LogP contribution is 2.38. The number of carbonyl (C=O) groups excluding carboxylic acids is 4. The number of hydrogen-bond acceptors (Lipinski definition) is 8. The van der Waals surface area contributed by atoms with E-state index in [1.165, 1.54) is 18.9 Å². The van der Waals surface area contributed by atoms with Crippen molar-refractivity contribution < 1.29 is 28.7 Å². The van der Waals surface area contributed by atoms with E-state index in [0.29, 0.717) is 19.3 Å². The maximum atomic E-state index is 13.3. The Morgan fingerprint density at radius 1 is 1.25 bits per heavy atom. The molecule has 2 N–H and O–H groups in total. The Hall–Kier alpha value is -2.69. The lowest BCUT2D eigenvalue weighted by molar-refractivity contribution is -0.137. The predicted octanol–water partition coefficient (Wildman–Crippen LogP) is 3.43. The second kappa shape index (κ2) is 9.43. The van der Waals surface area contributed by atoms with Gasteiger partial charge in [0.05, 0.1) is 12.5 Å². The molecule has 1 spiro atoms. The van der Waals surface area contributed by atoms with Crippen molar-refractivity contribution >= 4 is 40.5 Å². The maximum Gasteiger partial charge on any atom is 0.514 e. The van der Waals surface area contributed by atoms with E-state index in [2.05, 4.69) is 20.4 Å². The zero-order valence-corrected chi connectivity index (χ0v) is 18.9. The van der Waals surface area contributed by atoms with Crippen molar-refractivity contribution in [3.63, 3.8) is 0 Å². The molecular weight excluding hydrogens is 436 g/mol. The number of hydrogen-bond donors (Lipinski definition) is 2. The lowest BCUT2D eigenvalue weighted by Crippen LogP contribution is -2.50. The number of carbonyl (C=O) groups is 4.